The quantitative estimate of drug-likeness (QED) is 0.413. The van der Waals surface area contributed by atoms with Crippen LogP contribution in [0.25, 0.3) is 0 Å². The van der Waals surface area contributed by atoms with Gasteiger partial charge in [0.1, 0.15) is 0 Å². The summed E-state index contributed by atoms with van der Waals surface area (Å²) in [7, 11) is 0. The lowest BCUT2D eigenvalue weighted by Crippen LogP contribution is -1.98. The summed E-state index contributed by atoms with van der Waals surface area (Å²) in [6.45, 7) is 4.57. The second-order valence-corrected chi connectivity index (χ2v) is 7.34. The van der Waals surface area contributed by atoms with Crippen LogP contribution in [-0.4, -0.2) is 0 Å². The molecule has 0 unspecified atom stereocenters. The highest BCUT2D eigenvalue weighted by atomic mass is 32.2. The van der Waals surface area contributed by atoms with Crippen molar-refractivity contribution < 1.29 is 0 Å². The summed E-state index contributed by atoms with van der Waals surface area (Å²) < 4.78 is 0. The molecule has 0 amide bonds. The molecule has 2 aromatic rings. The van der Waals surface area contributed by atoms with E-state index in [1.165, 1.54) is 61.2 Å². The third-order valence-electron chi connectivity index (χ3n) is 4.28. The zero-order valence-electron chi connectivity index (χ0n) is 14.7. The number of aryl methyl sites for hydroxylation is 1. The summed E-state index contributed by atoms with van der Waals surface area (Å²) in [5.74, 6) is 0. The minimum Gasteiger partial charge on any atom is -0.0898 e. The van der Waals surface area contributed by atoms with Crippen LogP contribution in [0, 0.1) is 0 Å². The third-order valence-corrected chi connectivity index (χ3v) is 5.39. The first-order valence-electron chi connectivity index (χ1n) is 9.18. The maximum absolute atomic E-state index is 2.35. The molecule has 0 nitrogen and oxygen atoms in total. The molecule has 2 rings (SSSR count). The number of unbranched alkanes of at least 4 members (excludes halogenated alkanes) is 4. The fraction of sp³-hybridized carbons (Fsp3) is 0.455. The second-order valence-electron chi connectivity index (χ2n) is 6.22. The van der Waals surface area contributed by atoms with E-state index in [0.29, 0.717) is 0 Å². The van der Waals surface area contributed by atoms with Crippen molar-refractivity contribution in [3.63, 3.8) is 0 Å². The monoisotopic (exact) mass is 326 g/mol. The van der Waals surface area contributed by atoms with E-state index < -0.39 is 0 Å². The van der Waals surface area contributed by atoms with E-state index in [0.717, 1.165) is 0 Å². The summed E-state index contributed by atoms with van der Waals surface area (Å²) in [5.41, 5.74) is 3.18. The molecule has 0 aliphatic heterocycles. The molecule has 0 saturated carbocycles. The lowest BCUT2D eigenvalue weighted by Gasteiger charge is -2.15. The van der Waals surface area contributed by atoms with E-state index >= 15 is 0 Å². The first-order valence-corrected chi connectivity index (χ1v) is 10.0. The number of hydrogen-bond donors (Lipinski definition) is 0. The maximum Gasteiger partial charge on any atom is 0.0157 e. The summed E-state index contributed by atoms with van der Waals surface area (Å²) >= 11 is 1.93. The Bertz CT molecular complexity index is 559. The van der Waals surface area contributed by atoms with Gasteiger partial charge in [-0.05, 0) is 55.0 Å². The van der Waals surface area contributed by atoms with Crippen LogP contribution in [0.3, 0.4) is 0 Å². The van der Waals surface area contributed by atoms with Gasteiger partial charge in [-0.2, -0.15) is 0 Å². The third kappa shape index (κ3) is 6.06. The van der Waals surface area contributed by atoms with Crippen LogP contribution in [-0.2, 0) is 12.8 Å². The van der Waals surface area contributed by atoms with Crippen molar-refractivity contribution in [3.05, 3.63) is 59.7 Å². The Morgan fingerprint density at radius 1 is 0.696 bits per heavy atom. The van der Waals surface area contributed by atoms with Crippen molar-refractivity contribution in [1.29, 1.82) is 0 Å². The molecule has 0 saturated heterocycles. The van der Waals surface area contributed by atoms with Crippen LogP contribution >= 0.6 is 11.8 Å². The molecule has 0 aromatic heterocycles. The average molecular weight is 327 g/mol. The lowest BCUT2D eigenvalue weighted by molar-refractivity contribution is 0.688. The van der Waals surface area contributed by atoms with E-state index in [2.05, 4.69) is 62.4 Å². The Labute approximate surface area is 146 Å². The Morgan fingerprint density at radius 3 is 2.09 bits per heavy atom. The summed E-state index contributed by atoms with van der Waals surface area (Å²) in [5, 5.41) is 0. The molecule has 0 spiro atoms. The van der Waals surface area contributed by atoms with E-state index in [9.17, 15) is 0 Å². The Hall–Kier alpha value is -1.21. The summed E-state index contributed by atoms with van der Waals surface area (Å²) in [6, 6.07) is 17.7. The highest BCUT2D eigenvalue weighted by Crippen LogP contribution is 2.33. The minimum atomic E-state index is 1.23. The molecule has 0 bridgehead atoms. The Morgan fingerprint density at radius 2 is 1.39 bits per heavy atom. The molecule has 0 atom stereocenters. The number of hydrogen-bond acceptors (Lipinski definition) is 1. The van der Waals surface area contributed by atoms with Crippen LogP contribution < -0.4 is 0 Å². The van der Waals surface area contributed by atoms with Crippen molar-refractivity contribution in [2.45, 2.75) is 75.0 Å². The second kappa shape index (κ2) is 10.5. The molecule has 0 aliphatic rings. The van der Waals surface area contributed by atoms with Crippen LogP contribution in [0.1, 0.15) is 63.5 Å². The van der Waals surface area contributed by atoms with Gasteiger partial charge in [-0.3, -0.25) is 0 Å². The van der Waals surface area contributed by atoms with Gasteiger partial charge in [0.2, 0.25) is 0 Å². The molecular weight excluding hydrogens is 296 g/mol. The van der Waals surface area contributed by atoms with Gasteiger partial charge in [0.15, 0.2) is 0 Å². The average Bonchev–Trinajstić information content (AvgIpc) is 2.58. The molecule has 0 N–H and O–H groups in total. The Kier molecular flexibility index (Phi) is 8.31. The van der Waals surface area contributed by atoms with Crippen molar-refractivity contribution in [1.82, 2.24) is 0 Å². The first-order chi connectivity index (χ1) is 11.3. The predicted octanol–water partition coefficient (Wildman–Crippen LogP) is 7.30. The normalized spacial score (nSPS) is 10.9. The van der Waals surface area contributed by atoms with Gasteiger partial charge in [0, 0.05) is 9.79 Å². The van der Waals surface area contributed by atoms with Crippen molar-refractivity contribution >= 4 is 11.8 Å². The predicted molar refractivity (Wildman–Crippen MR) is 103 cm³/mol. The smallest absolute Gasteiger partial charge is 0.0157 e. The molecule has 124 valence electrons. The van der Waals surface area contributed by atoms with Crippen molar-refractivity contribution in [3.8, 4) is 0 Å². The fourth-order valence-corrected chi connectivity index (χ4v) is 4.01. The van der Waals surface area contributed by atoms with Crippen molar-refractivity contribution in [2.24, 2.45) is 0 Å². The van der Waals surface area contributed by atoms with Gasteiger partial charge >= 0.3 is 0 Å². The minimum absolute atomic E-state index is 1.23. The van der Waals surface area contributed by atoms with E-state index in [1.807, 2.05) is 11.8 Å². The highest BCUT2D eigenvalue weighted by molar-refractivity contribution is 7.99. The van der Waals surface area contributed by atoms with Crippen LogP contribution in [0.4, 0.5) is 0 Å². The highest BCUT2D eigenvalue weighted by Gasteiger charge is 2.09. The number of benzene rings is 2. The van der Waals surface area contributed by atoms with Gasteiger partial charge in [0.25, 0.3) is 0 Å². The fourth-order valence-electron chi connectivity index (χ4n) is 2.96. The maximum atomic E-state index is 2.35. The van der Waals surface area contributed by atoms with E-state index in [-0.39, 0.29) is 0 Å². The van der Waals surface area contributed by atoms with Crippen LogP contribution in [0.2, 0.25) is 0 Å². The molecule has 0 aliphatic carbocycles. The van der Waals surface area contributed by atoms with Gasteiger partial charge in [-0.15, -0.1) is 0 Å². The molecule has 23 heavy (non-hydrogen) atoms. The largest absolute Gasteiger partial charge is 0.0898 e. The first kappa shape index (κ1) is 18.1. The standard InChI is InChI=1S/C22H30S/c1-3-5-8-13-19-14-12-18-22(21(19)17-9-6-4-2)23-20-15-10-7-11-16-20/h7,10-12,14-16,18H,3-6,8-9,13,17H2,1-2H3. The van der Waals surface area contributed by atoms with Gasteiger partial charge in [0.05, 0.1) is 0 Å². The van der Waals surface area contributed by atoms with Crippen molar-refractivity contribution in [2.75, 3.05) is 0 Å². The zero-order valence-corrected chi connectivity index (χ0v) is 15.5. The topological polar surface area (TPSA) is 0 Å². The Balaban J connectivity index is 2.18. The van der Waals surface area contributed by atoms with Gasteiger partial charge < -0.3 is 0 Å². The SMILES string of the molecule is CCCCCc1cccc(Sc2ccccc2)c1CCCCC. The summed E-state index contributed by atoms with van der Waals surface area (Å²) in [6.07, 6.45) is 10.3. The molecule has 2 aromatic carbocycles. The van der Waals surface area contributed by atoms with Gasteiger partial charge in [-0.25, -0.2) is 0 Å². The molecule has 0 radical (unpaired) electrons. The lowest BCUT2D eigenvalue weighted by atomic mass is 9.97. The zero-order chi connectivity index (χ0) is 16.3. The molecule has 0 fully saturated rings. The van der Waals surface area contributed by atoms with Crippen LogP contribution in [0.15, 0.2) is 58.3 Å². The molecular formula is C22H30S. The number of rotatable bonds is 10. The van der Waals surface area contributed by atoms with E-state index in [1.54, 1.807) is 11.1 Å². The molecule has 0 heterocycles. The summed E-state index contributed by atoms with van der Waals surface area (Å²) in [4.78, 5) is 2.80. The van der Waals surface area contributed by atoms with Crippen LogP contribution in [0.5, 0.6) is 0 Å². The molecule has 1 heteroatoms. The van der Waals surface area contributed by atoms with E-state index in [4.69, 9.17) is 0 Å². The van der Waals surface area contributed by atoms with Gasteiger partial charge in [-0.1, -0.05) is 81.6 Å².